The maximum Gasteiger partial charge on any atom is 0.217 e. The quantitative estimate of drug-likeness (QED) is 0.630. The van der Waals surface area contributed by atoms with Crippen molar-refractivity contribution in [2.24, 2.45) is 4.99 Å². The number of halogens is 2. The number of hydrogen-bond acceptors (Lipinski definition) is 2. The molecule has 0 atom stereocenters. The minimum Gasteiger partial charge on any atom is -0.475 e. The first-order valence-electron chi connectivity index (χ1n) is 4.66. The summed E-state index contributed by atoms with van der Waals surface area (Å²) in [5.74, 6) is 0.780. The van der Waals surface area contributed by atoms with Crippen LogP contribution in [0.25, 0.3) is 0 Å². The van der Waals surface area contributed by atoms with Crippen LogP contribution >= 0.6 is 45.2 Å². The minimum atomic E-state index is -0.0836. The molecule has 0 radical (unpaired) electrons. The van der Waals surface area contributed by atoms with Crippen LogP contribution in [0.2, 0.25) is 0 Å². The fourth-order valence-electron chi connectivity index (χ4n) is 1.38. The third-order valence-electron chi connectivity index (χ3n) is 2.13. The van der Waals surface area contributed by atoms with E-state index in [-0.39, 0.29) is 5.54 Å². The van der Waals surface area contributed by atoms with Gasteiger partial charge in [0.2, 0.25) is 5.90 Å². The number of benzene rings is 1. The lowest BCUT2D eigenvalue weighted by Gasteiger charge is -2.07. The Labute approximate surface area is 117 Å². The number of ether oxygens (including phenoxy) is 1. The Morgan fingerprint density at radius 1 is 1.33 bits per heavy atom. The third kappa shape index (κ3) is 2.64. The van der Waals surface area contributed by atoms with Crippen LogP contribution in [0.4, 0.5) is 0 Å². The van der Waals surface area contributed by atoms with Crippen molar-refractivity contribution in [1.29, 1.82) is 0 Å². The highest BCUT2D eigenvalue weighted by atomic mass is 127. The number of rotatable bonds is 1. The van der Waals surface area contributed by atoms with Crippen molar-refractivity contribution in [3.63, 3.8) is 0 Å². The van der Waals surface area contributed by atoms with Crippen molar-refractivity contribution in [2.45, 2.75) is 19.4 Å². The molecule has 0 saturated heterocycles. The molecule has 2 nitrogen and oxygen atoms in total. The van der Waals surface area contributed by atoms with Gasteiger partial charge in [-0.1, -0.05) is 0 Å². The van der Waals surface area contributed by atoms with Crippen LogP contribution in [0.5, 0.6) is 0 Å². The standard InChI is InChI=1S/C11H11I2NO/c1-11(2)6-15-10(14-11)8-5-7(12)3-4-9(8)13/h3-5H,6H2,1-2H3. The van der Waals surface area contributed by atoms with Crippen LogP contribution in [0.15, 0.2) is 23.2 Å². The van der Waals surface area contributed by atoms with Crippen molar-refractivity contribution in [1.82, 2.24) is 0 Å². The van der Waals surface area contributed by atoms with E-state index < -0.39 is 0 Å². The number of hydrogen-bond donors (Lipinski definition) is 0. The molecule has 4 heteroatoms. The summed E-state index contributed by atoms with van der Waals surface area (Å²) in [4.78, 5) is 4.58. The Balaban J connectivity index is 2.43. The fraction of sp³-hybridized carbons (Fsp3) is 0.364. The van der Waals surface area contributed by atoms with Crippen molar-refractivity contribution in [3.8, 4) is 0 Å². The topological polar surface area (TPSA) is 21.6 Å². The maximum atomic E-state index is 5.63. The van der Waals surface area contributed by atoms with E-state index in [1.165, 1.54) is 7.14 Å². The highest BCUT2D eigenvalue weighted by Crippen LogP contribution is 2.24. The molecule has 15 heavy (non-hydrogen) atoms. The minimum absolute atomic E-state index is 0.0836. The van der Waals surface area contributed by atoms with Crippen LogP contribution in [0, 0.1) is 7.14 Å². The lowest BCUT2D eigenvalue weighted by Crippen LogP contribution is -2.17. The molecule has 1 aliphatic rings. The summed E-state index contributed by atoms with van der Waals surface area (Å²) in [6.45, 7) is 4.84. The van der Waals surface area contributed by atoms with Crippen molar-refractivity contribution < 1.29 is 4.74 Å². The van der Waals surface area contributed by atoms with Gasteiger partial charge in [0.05, 0.1) is 11.1 Å². The lowest BCUT2D eigenvalue weighted by atomic mass is 10.1. The van der Waals surface area contributed by atoms with Gasteiger partial charge < -0.3 is 4.74 Å². The average Bonchev–Trinajstić information content (AvgIpc) is 2.50. The van der Waals surface area contributed by atoms with Gasteiger partial charge in [0.25, 0.3) is 0 Å². The van der Waals surface area contributed by atoms with E-state index in [4.69, 9.17) is 4.74 Å². The van der Waals surface area contributed by atoms with E-state index >= 15 is 0 Å². The molecule has 0 spiro atoms. The molecule has 80 valence electrons. The molecule has 0 aliphatic carbocycles. The second-order valence-electron chi connectivity index (χ2n) is 4.14. The average molecular weight is 427 g/mol. The van der Waals surface area contributed by atoms with Gasteiger partial charge in [-0.05, 0) is 77.2 Å². The van der Waals surface area contributed by atoms with Crippen LogP contribution in [0.3, 0.4) is 0 Å². The lowest BCUT2D eigenvalue weighted by molar-refractivity contribution is 0.279. The third-order valence-corrected chi connectivity index (χ3v) is 3.74. The molecule has 0 saturated carbocycles. The molecule has 1 heterocycles. The van der Waals surface area contributed by atoms with E-state index in [1.807, 2.05) is 0 Å². The van der Waals surface area contributed by atoms with Gasteiger partial charge in [0.1, 0.15) is 6.61 Å². The monoisotopic (exact) mass is 427 g/mol. The Bertz CT molecular complexity index is 427. The Morgan fingerprint density at radius 3 is 2.67 bits per heavy atom. The summed E-state index contributed by atoms with van der Waals surface area (Å²) < 4.78 is 8.02. The molecule has 0 bridgehead atoms. The van der Waals surface area contributed by atoms with Gasteiger partial charge >= 0.3 is 0 Å². The van der Waals surface area contributed by atoms with Crippen LogP contribution in [-0.4, -0.2) is 18.0 Å². The molecule has 1 aromatic rings. The summed E-state index contributed by atoms with van der Waals surface area (Å²) in [6, 6.07) is 6.30. The van der Waals surface area contributed by atoms with Gasteiger partial charge in [-0.2, -0.15) is 0 Å². The van der Waals surface area contributed by atoms with E-state index in [9.17, 15) is 0 Å². The first-order chi connectivity index (χ1) is 6.98. The molecule has 0 N–H and O–H groups in total. The molecular formula is C11H11I2NO. The molecule has 1 aliphatic heterocycles. The molecule has 0 amide bonds. The van der Waals surface area contributed by atoms with Gasteiger partial charge in [-0.15, -0.1) is 0 Å². The first-order valence-corrected chi connectivity index (χ1v) is 6.82. The van der Waals surface area contributed by atoms with Crippen molar-refractivity contribution in [2.75, 3.05) is 6.61 Å². The summed E-state index contributed by atoms with van der Waals surface area (Å²) in [7, 11) is 0. The van der Waals surface area contributed by atoms with Gasteiger partial charge in [-0.3, -0.25) is 0 Å². The highest BCUT2D eigenvalue weighted by Gasteiger charge is 2.27. The Morgan fingerprint density at radius 2 is 2.07 bits per heavy atom. The van der Waals surface area contributed by atoms with Crippen LogP contribution in [-0.2, 0) is 4.74 Å². The zero-order valence-electron chi connectivity index (χ0n) is 8.55. The molecular weight excluding hydrogens is 416 g/mol. The van der Waals surface area contributed by atoms with E-state index in [2.05, 4.69) is 82.2 Å². The van der Waals surface area contributed by atoms with E-state index in [0.29, 0.717) is 6.61 Å². The van der Waals surface area contributed by atoms with Gasteiger partial charge in [-0.25, -0.2) is 4.99 Å². The van der Waals surface area contributed by atoms with E-state index in [0.717, 1.165) is 11.5 Å². The van der Waals surface area contributed by atoms with Crippen LogP contribution in [0.1, 0.15) is 19.4 Å². The predicted octanol–water partition coefficient (Wildman–Crippen LogP) is 3.45. The van der Waals surface area contributed by atoms with Crippen LogP contribution < -0.4 is 0 Å². The summed E-state index contributed by atoms with van der Waals surface area (Å²) in [6.07, 6.45) is 0. The van der Waals surface area contributed by atoms with Gasteiger partial charge in [0.15, 0.2) is 0 Å². The largest absolute Gasteiger partial charge is 0.475 e. The van der Waals surface area contributed by atoms with Crippen molar-refractivity contribution >= 4 is 51.1 Å². The Hall–Kier alpha value is 0.150. The molecule has 0 fully saturated rings. The number of nitrogens with zero attached hydrogens (tertiary/aromatic N) is 1. The van der Waals surface area contributed by atoms with E-state index in [1.54, 1.807) is 0 Å². The maximum absolute atomic E-state index is 5.63. The molecule has 0 unspecified atom stereocenters. The SMILES string of the molecule is CC1(C)COC(c2cc(I)ccc2I)=N1. The van der Waals surface area contributed by atoms with Crippen molar-refractivity contribution in [3.05, 3.63) is 30.9 Å². The smallest absolute Gasteiger partial charge is 0.217 e. The fourth-order valence-corrected chi connectivity index (χ4v) is 2.44. The molecule has 2 rings (SSSR count). The Kier molecular flexibility index (Phi) is 3.25. The second kappa shape index (κ2) is 4.20. The number of aliphatic imine (C=N–C) groups is 1. The molecule has 0 aromatic heterocycles. The van der Waals surface area contributed by atoms with Gasteiger partial charge in [0, 0.05) is 7.14 Å². The zero-order valence-corrected chi connectivity index (χ0v) is 12.9. The summed E-state index contributed by atoms with van der Waals surface area (Å²) in [5.41, 5.74) is 1.02. The normalized spacial score (nSPS) is 18.5. The molecule has 1 aromatic carbocycles. The summed E-state index contributed by atoms with van der Waals surface area (Å²) in [5, 5.41) is 0. The highest BCUT2D eigenvalue weighted by molar-refractivity contribution is 14.1. The predicted molar refractivity (Wildman–Crippen MR) is 78.4 cm³/mol. The second-order valence-corrected chi connectivity index (χ2v) is 6.55. The zero-order chi connectivity index (χ0) is 11.1. The first kappa shape index (κ1) is 11.6. The summed E-state index contributed by atoms with van der Waals surface area (Å²) >= 11 is 4.62.